The summed E-state index contributed by atoms with van der Waals surface area (Å²) in [7, 11) is 2.21. The summed E-state index contributed by atoms with van der Waals surface area (Å²) in [5.41, 5.74) is 7.86. The summed E-state index contributed by atoms with van der Waals surface area (Å²) in [6.45, 7) is 10.4. The van der Waals surface area contributed by atoms with Gasteiger partial charge in [-0.2, -0.15) is 0 Å². The van der Waals surface area contributed by atoms with Gasteiger partial charge in [-0.25, -0.2) is 0 Å². The molecule has 0 aromatic heterocycles. The first-order chi connectivity index (χ1) is 9.69. The Kier molecular flexibility index (Phi) is 5.68. The third kappa shape index (κ3) is 4.39. The average molecular weight is 276 g/mol. The van der Waals surface area contributed by atoms with Gasteiger partial charge in [-0.1, -0.05) is 0 Å². The van der Waals surface area contributed by atoms with Crippen LogP contribution in [0.1, 0.15) is 13.3 Å². The molecule has 0 aliphatic carbocycles. The molecule has 1 fully saturated rings. The van der Waals surface area contributed by atoms with Gasteiger partial charge in [0.2, 0.25) is 0 Å². The Bertz CT molecular complexity index is 382. The molecule has 1 aromatic rings. The topological polar surface area (TPSA) is 35.7 Å². The molecule has 1 aliphatic rings. The molecule has 112 valence electrons. The van der Waals surface area contributed by atoms with E-state index in [4.69, 9.17) is 5.73 Å². The summed E-state index contributed by atoms with van der Waals surface area (Å²) >= 11 is 0. The van der Waals surface area contributed by atoms with Crippen LogP contribution in [-0.2, 0) is 0 Å². The smallest absolute Gasteiger partial charge is 0.0367 e. The van der Waals surface area contributed by atoms with E-state index in [0.717, 1.165) is 18.8 Å². The van der Waals surface area contributed by atoms with Crippen molar-refractivity contribution in [3.63, 3.8) is 0 Å². The fourth-order valence-corrected chi connectivity index (χ4v) is 2.71. The maximum absolute atomic E-state index is 5.75. The number of nitrogen functional groups attached to an aromatic ring is 1. The molecule has 4 nitrogen and oxygen atoms in total. The van der Waals surface area contributed by atoms with Crippen molar-refractivity contribution < 1.29 is 0 Å². The van der Waals surface area contributed by atoms with E-state index in [9.17, 15) is 0 Å². The average Bonchev–Trinajstić information content (AvgIpc) is 2.47. The van der Waals surface area contributed by atoms with Crippen molar-refractivity contribution in [3.8, 4) is 0 Å². The van der Waals surface area contributed by atoms with E-state index < -0.39 is 0 Å². The van der Waals surface area contributed by atoms with Gasteiger partial charge in [0.25, 0.3) is 0 Å². The number of nitrogens with zero attached hydrogens (tertiary/aromatic N) is 3. The molecule has 0 unspecified atom stereocenters. The Labute approximate surface area is 123 Å². The lowest BCUT2D eigenvalue weighted by atomic mass is 10.2. The number of rotatable bonds is 6. The molecular weight excluding hydrogens is 248 g/mol. The number of piperazine rings is 1. The third-order valence-corrected chi connectivity index (χ3v) is 4.14. The van der Waals surface area contributed by atoms with Gasteiger partial charge in [-0.3, -0.25) is 0 Å². The summed E-state index contributed by atoms with van der Waals surface area (Å²) in [4.78, 5) is 7.41. The molecule has 0 radical (unpaired) electrons. The molecule has 0 spiro atoms. The van der Waals surface area contributed by atoms with Crippen molar-refractivity contribution in [1.29, 1.82) is 0 Å². The van der Waals surface area contributed by atoms with Crippen molar-refractivity contribution in [1.82, 2.24) is 9.80 Å². The SMILES string of the molecule is CCN(CCCN1CCN(C)CC1)c1ccc(N)cc1. The first kappa shape index (κ1) is 15.1. The fourth-order valence-electron chi connectivity index (χ4n) is 2.71. The Morgan fingerprint density at radius 3 is 2.35 bits per heavy atom. The monoisotopic (exact) mass is 276 g/mol. The Balaban J connectivity index is 1.75. The Morgan fingerprint density at radius 2 is 1.75 bits per heavy atom. The zero-order valence-electron chi connectivity index (χ0n) is 12.9. The van der Waals surface area contributed by atoms with E-state index in [0.29, 0.717) is 0 Å². The normalized spacial score (nSPS) is 17.3. The van der Waals surface area contributed by atoms with Crippen LogP contribution < -0.4 is 10.6 Å². The van der Waals surface area contributed by atoms with Crippen LogP contribution >= 0.6 is 0 Å². The van der Waals surface area contributed by atoms with E-state index in [1.807, 2.05) is 12.1 Å². The highest BCUT2D eigenvalue weighted by molar-refractivity contribution is 5.52. The van der Waals surface area contributed by atoms with Crippen molar-refractivity contribution in [2.24, 2.45) is 0 Å². The summed E-state index contributed by atoms with van der Waals surface area (Å²) in [5, 5.41) is 0. The molecule has 2 rings (SSSR count). The summed E-state index contributed by atoms with van der Waals surface area (Å²) in [5.74, 6) is 0. The van der Waals surface area contributed by atoms with Crippen molar-refractivity contribution in [3.05, 3.63) is 24.3 Å². The van der Waals surface area contributed by atoms with E-state index in [-0.39, 0.29) is 0 Å². The van der Waals surface area contributed by atoms with Crippen molar-refractivity contribution in [2.75, 3.05) is 63.5 Å². The largest absolute Gasteiger partial charge is 0.399 e. The lowest BCUT2D eigenvalue weighted by Crippen LogP contribution is -2.45. The number of anilines is 2. The van der Waals surface area contributed by atoms with Crippen LogP contribution in [0.2, 0.25) is 0 Å². The second-order valence-corrected chi connectivity index (χ2v) is 5.67. The molecule has 1 saturated heterocycles. The molecule has 4 heteroatoms. The van der Waals surface area contributed by atoms with Gasteiger partial charge in [0, 0.05) is 50.6 Å². The summed E-state index contributed by atoms with van der Waals surface area (Å²) in [6.07, 6.45) is 1.22. The van der Waals surface area contributed by atoms with Crippen LogP contribution in [0.25, 0.3) is 0 Å². The maximum atomic E-state index is 5.75. The van der Waals surface area contributed by atoms with Crippen molar-refractivity contribution in [2.45, 2.75) is 13.3 Å². The molecule has 2 N–H and O–H groups in total. The van der Waals surface area contributed by atoms with Crippen LogP contribution in [0, 0.1) is 0 Å². The van der Waals surface area contributed by atoms with Crippen LogP contribution in [0.5, 0.6) is 0 Å². The van der Waals surface area contributed by atoms with Gasteiger partial charge in [0.15, 0.2) is 0 Å². The minimum atomic E-state index is 0.835. The van der Waals surface area contributed by atoms with Gasteiger partial charge < -0.3 is 20.4 Å². The van der Waals surface area contributed by atoms with Crippen LogP contribution in [0.3, 0.4) is 0 Å². The molecule has 0 bridgehead atoms. The first-order valence-electron chi connectivity index (χ1n) is 7.70. The number of nitrogens with two attached hydrogens (primary N) is 1. The van der Waals surface area contributed by atoms with E-state index in [2.05, 4.69) is 40.8 Å². The zero-order valence-corrected chi connectivity index (χ0v) is 12.9. The van der Waals surface area contributed by atoms with E-state index >= 15 is 0 Å². The number of hydrogen-bond donors (Lipinski definition) is 1. The standard InChI is InChI=1S/C16H28N4/c1-3-20(16-7-5-15(17)6-8-16)10-4-9-19-13-11-18(2)12-14-19/h5-8H,3-4,9-14,17H2,1-2H3. The summed E-state index contributed by atoms with van der Waals surface area (Å²) in [6, 6.07) is 8.21. The number of likely N-dealkylation sites (N-methyl/N-ethyl adjacent to an activating group) is 1. The maximum Gasteiger partial charge on any atom is 0.0367 e. The molecule has 0 atom stereocenters. The molecule has 0 saturated carbocycles. The molecule has 1 heterocycles. The van der Waals surface area contributed by atoms with Crippen LogP contribution in [0.4, 0.5) is 11.4 Å². The molecule has 0 amide bonds. The quantitative estimate of drug-likeness (QED) is 0.803. The second-order valence-electron chi connectivity index (χ2n) is 5.67. The first-order valence-corrected chi connectivity index (χ1v) is 7.70. The van der Waals surface area contributed by atoms with Crippen LogP contribution in [0.15, 0.2) is 24.3 Å². The number of hydrogen-bond acceptors (Lipinski definition) is 4. The lowest BCUT2D eigenvalue weighted by molar-refractivity contribution is 0.153. The van der Waals surface area contributed by atoms with Gasteiger partial charge in [-0.15, -0.1) is 0 Å². The predicted molar refractivity (Wildman–Crippen MR) is 87.3 cm³/mol. The highest BCUT2D eigenvalue weighted by Gasteiger charge is 2.13. The Morgan fingerprint density at radius 1 is 1.10 bits per heavy atom. The minimum absolute atomic E-state index is 0.835. The minimum Gasteiger partial charge on any atom is -0.399 e. The Hall–Kier alpha value is -1.26. The van der Waals surface area contributed by atoms with Gasteiger partial charge >= 0.3 is 0 Å². The predicted octanol–water partition coefficient (Wildman–Crippen LogP) is 1.73. The highest BCUT2D eigenvalue weighted by Crippen LogP contribution is 2.16. The van der Waals surface area contributed by atoms with Gasteiger partial charge in [0.1, 0.15) is 0 Å². The fraction of sp³-hybridized carbons (Fsp3) is 0.625. The van der Waals surface area contributed by atoms with E-state index in [1.54, 1.807) is 0 Å². The van der Waals surface area contributed by atoms with Gasteiger partial charge in [0.05, 0.1) is 0 Å². The van der Waals surface area contributed by atoms with Crippen LogP contribution in [-0.4, -0.2) is 62.7 Å². The summed E-state index contributed by atoms with van der Waals surface area (Å²) < 4.78 is 0. The lowest BCUT2D eigenvalue weighted by Gasteiger charge is -2.33. The molecule has 1 aliphatic heterocycles. The van der Waals surface area contributed by atoms with Crippen molar-refractivity contribution >= 4 is 11.4 Å². The second kappa shape index (κ2) is 7.50. The number of benzene rings is 1. The zero-order chi connectivity index (χ0) is 14.4. The third-order valence-electron chi connectivity index (χ3n) is 4.14. The molecule has 20 heavy (non-hydrogen) atoms. The van der Waals surface area contributed by atoms with E-state index in [1.165, 1.54) is 44.8 Å². The molecular formula is C16H28N4. The van der Waals surface area contributed by atoms with Gasteiger partial charge in [-0.05, 0) is 51.2 Å². The molecule has 1 aromatic carbocycles. The highest BCUT2D eigenvalue weighted by atomic mass is 15.2.